The molecule has 2 aromatic carbocycles. The maximum Gasteiger partial charge on any atom is 0.197 e. The van der Waals surface area contributed by atoms with Crippen LogP contribution in [0, 0.1) is 25.5 Å². The quantitative estimate of drug-likeness (QED) is 0.413. The summed E-state index contributed by atoms with van der Waals surface area (Å²) in [5, 5.41) is 1.81. The summed E-state index contributed by atoms with van der Waals surface area (Å²) in [6.45, 7) is 17.4. The fourth-order valence-electron chi connectivity index (χ4n) is 4.49. The van der Waals surface area contributed by atoms with Crippen LogP contribution in [0.5, 0.6) is 0 Å². The van der Waals surface area contributed by atoms with Crippen molar-refractivity contribution in [1.29, 1.82) is 0 Å². The summed E-state index contributed by atoms with van der Waals surface area (Å²) in [7, 11) is 0. The van der Waals surface area contributed by atoms with E-state index in [1.165, 1.54) is 44.5 Å². The van der Waals surface area contributed by atoms with Gasteiger partial charge in [-0.2, -0.15) is 0 Å². The van der Waals surface area contributed by atoms with Crippen molar-refractivity contribution in [3.8, 4) is 11.1 Å². The van der Waals surface area contributed by atoms with Gasteiger partial charge in [-0.05, 0) is 106 Å². The van der Waals surface area contributed by atoms with Gasteiger partial charge in [0, 0.05) is 16.6 Å². The van der Waals surface area contributed by atoms with Crippen LogP contribution in [-0.4, -0.2) is 9.97 Å². The van der Waals surface area contributed by atoms with Crippen molar-refractivity contribution >= 4 is 40.3 Å². The summed E-state index contributed by atoms with van der Waals surface area (Å²) in [5.74, 6) is 0. The van der Waals surface area contributed by atoms with Gasteiger partial charge in [-0.25, -0.2) is 4.98 Å². The summed E-state index contributed by atoms with van der Waals surface area (Å²) >= 11 is 12.5. The number of aromatic amines is 1. The van der Waals surface area contributed by atoms with Gasteiger partial charge < -0.3 is 4.98 Å². The molecule has 0 aliphatic heterocycles. The molecule has 0 spiro atoms. The number of nitrogens with one attached hydrogen (secondary N) is 1. The number of H-pyrrole nitrogens is 1. The van der Waals surface area contributed by atoms with Gasteiger partial charge in [-0.3, -0.25) is 0 Å². The fourth-order valence-corrected chi connectivity index (χ4v) is 5.08. The lowest BCUT2D eigenvalue weighted by atomic mass is 9.83. The number of hydrogen-bond acceptors (Lipinski definition) is 2. The van der Waals surface area contributed by atoms with E-state index in [0.29, 0.717) is 9.79 Å². The first-order chi connectivity index (χ1) is 14.1. The maximum absolute atomic E-state index is 7.14. The SMILES string of the molecule is CCc1c(-c2ccc(C)c(C)c2C(C)=C(C)C)c(Cl)c2nc(=S)[nH]c(C)c2c1CC. The minimum absolute atomic E-state index is 0.472. The van der Waals surface area contributed by atoms with Crippen LogP contribution < -0.4 is 0 Å². The predicted octanol–water partition coefficient (Wildman–Crippen LogP) is 8.48. The molecule has 30 heavy (non-hydrogen) atoms. The van der Waals surface area contributed by atoms with E-state index in [1.807, 2.05) is 0 Å². The lowest BCUT2D eigenvalue weighted by Crippen LogP contribution is -2.05. The monoisotopic (exact) mass is 438 g/mol. The number of fused-ring (bicyclic) bond motifs is 1. The molecule has 0 aliphatic carbocycles. The lowest BCUT2D eigenvalue weighted by molar-refractivity contribution is 1.03. The number of hydrogen-bond donors (Lipinski definition) is 1. The van der Waals surface area contributed by atoms with E-state index in [-0.39, 0.29) is 0 Å². The molecule has 1 heterocycles. The van der Waals surface area contributed by atoms with Crippen LogP contribution in [-0.2, 0) is 12.8 Å². The molecule has 0 saturated heterocycles. The zero-order chi connectivity index (χ0) is 22.3. The largest absolute Gasteiger partial charge is 0.334 e. The molecule has 0 bridgehead atoms. The average Bonchev–Trinajstić information content (AvgIpc) is 2.69. The van der Waals surface area contributed by atoms with E-state index in [1.54, 1.807) is 0 Å². The van der Waals surface area contributed by atoms with E-state index in [2.05, 4.69) is 77.5 Å². The average molecular weight is 439 g/mol. The predicted molar refractivity (Wildman–Crippen MR) is 134 cm³/mol. The number of benzene rings is 2. The molecule has 3 rings (SSSR count). The summed E-state index contributed by atoms with van der Waals surface area (Å²) in [5.41, 5.74) is 13.2. The summed E-state index contributed by atoms with van der Waals surface area (Å²) < 4.78 is 0.472. The Labute approximate surface area is 190 Å². The van der Waals surface area contributed by atoms with Crippen LogP contribution >= 0.6 is 23.8 Å². The number of nitrogens with zero attached hydrogens (tertiary/aromatic N) is 1. The van der Waals surface area contributed by atoms with E-state index in [0.717, 1.165) is 35.0 Å². The Kier molecular flexibility index (Phi) is 6.54. The standard InChI is InChI=1S/C26H31ClN2S/c1-9-18-19(10-2)23(24(27)25-22(18)17(8)28-26(30)29-25)20-12-11-14(5)16(7)21(20)15(6)13(3)4/h11-12H,9-10H2,1-8H3,(H,28,29,30). The van der Waals surface area contributed by atoms with Gasteiger partial charge in [-0.15, -0.1) is 0 Å². The number of aromatic nitrogens is 2. The van der Waals surface area contributed by atoms with Gasteiger partial charge in [0.2, 0.25) is 0 Å². The number of rotatable bonds is 4. The van der Waals surface area contributed by atoms with Gasteiger partial charge in [0.15, 0.2) is 4.77 Å². The first kappa shape index (κ1) is 22.7. The van der Waals surface area contributed by atoms with E-state index in [9.17, 15) is 0 Å². The smallest absolute Gasteiger partial charge is 0.197 e. The third-order valence-electron chi connectivity index (χ3n) is 6.35. The molecule has 0 amide bonds. The molecule has 158 valence electrons. The Morgan fingerprint density at radius 3 is 2.23 bits per heavy atom. The Hall–Kier alpha value is -1.97. The second kappa shape index (κ2) is 8.64. The first-order valence-corrected chi connectivity index (χ1v) is 11.4. The van der Waals surface area contributed by atoms with E-state index < -0.39 is 0 Å². The number of aryl methyl sites for hydroxylation is 3. The topological polar surface area (TPSA) is 28.7 Å². The summed E-state index contributed by atoms with van der Waals surface area (Å²) in [6, 6.07) is 4.43. The molecule has 0 unspecified atom stereocenters. The van der Waals surface area contributed by atoms with Crippen molar-refractivity contribution in [2.45, 2.75) is 68.2 Å². The van der Waals surface area contributed by atoms with Crippen molar-refractivity contribution in [3.05, 3.63) is 61.0 Å². The Bertz CT molecular complexity index is 1240. The minimum atomic E-state index is 0.472. The normalized spacial score (nSPS) is 11.2. The second-order valence-electron chi connectivity index (χ2n) is 8.30. The van der Waals surface area contributed by atoms with Crippen molar-refractivity contribution in [2.24, 2.45) is 0 Å². The van der Waals surface area contributed by atoms with Gasteiger partial charge in [0.1, 0.15) is 0 Å². The molecule has 0 aliphatic rings. The van der Waals surface area contributed by atoms with Gasteiger partial charge >= 0.3 is 0 Å². The van der Waals surface area contributed by atoms with E-state index in [4.69, 9.17) is 23.8 Å². The van der Waals surface area contributed by atoms with Crippen molar-refractivity contribution in [2.75, 3.05) is 0 Å². The van der Waals surface area contributed by atoms with Gasteiger partial charge in [0.05, 0.1) is 10.5 Å². The highest BCUT2D eigenvalue weighted by Gasteiger charge is 2.23. The number of halogens is 1. The molecule has 1 aromatic heterocycles. The molecule has 0 saturated carbocycles. The molecule has 1 N–H and O–H groups in total. The lowest BCUT2D eigenvalue weighted by Gasteiger charge is -2.23. The first-order valence-electron chi connectivity index (χ1n) is 10.6. The third kappa shape index (κ3) is 3.63. The fraction of sp³-hybridized carbons (Fsp3) is 0.385. The highest BCUT2D eigenvalue weighted by molar-refractivity contribution is 7.71. The molecule has 4 heteroatoms. The Morgan fingerprint density at radius 1 is 1.03 bits per heavy atom. The van der Waals surface area contributed by atoms with Crippen LogP contribution in [0.3, 0.4) is 0 Å². The third-order valence-corrected chi connectivity index (χ3v) is 6.91. The van der Waals surface area contributed by atoms with Gasteiger partial charge in [-0.1, -0.05) is 43.2 Å². The van der Waals surface area contributed by atoms with E-state index >= 15 is 0 Å². The highest BCUT2D eigenvalue weighted by Crippen LogP contribution is 2.44. The molecule has 0 fully saturated rings. The van der Waals surface area contributed by atoms with Crippen LogP contribution in [0.4, 0.5) is 0 Å². The molecule has 0 radical (unpaired) electrons. The van der Waals surface area contributed by atoms with Crippen molar-refractivity contribution < 1.29 is 0 Å². The van der Waals surface area contributed by atoms with Crippen LogP contribution in [0.1, 0.15) is 68.1 Å². The van der Waals surface area contributed by atoms with Crippen LogP contribution in [0.15, 0.2) is 17.7 Å². The number of allylic oxidation sites excluding steroid dienone is 2. The molecule has 2 nitrogen and oxygen atoms in total. The summed E-state index contributed by atoms with van der Waals surface area (Å²) in [4.78, 5) is 7.90. The second-order valence-corrected chi connectivity index (χ2v) is 9.06. The maximum atomic E-state index is 7.14. The van der Waals surface area contributed by atoms with Crippen molar-refractivity contribution in [3.63, 3.8) is 0 Å². The molecule has 0 atom stereocenters. The van der Waals surface area contributed by atoms with Crippen molar-refractivity contribution in [1.82, 2.24) is 9.97 Å². The minimum Gasteiger partial charge on any atom is -0.334 e. The Morgan fingerprint density at radius 2 is 1.67 bits per heavy atom. The zero-order valence-electron chi connectivity index (χ0n) is 19.3. The zero-order valence-corrected chi connectivity index (χ0v) is 20.9. The van der Waals surface area contributed by atoms with Gasteiger partial charge in [0.25, 0.3) is 0 Å². The Balaban J connectivity index is 2.62. The molecule has 3 aromatic rings. The van der Waals surface area contributed by atoms with Crippen LogP contribution in [0.2, 0.25) is 5.02 Å². The molecular weight excluding hydrogens is 408 g/mol. The van der Waals surface area contributed by atoms with Crippen LogP contribution in [0.25, 0.3) is 27.6 Å². The molecular formula is C26H31ClN2S. The summed E-state index contributed by atoms with van der Waals surface area (Å²) in [6.07, 6.45) is 1.82. The highest BCUT2D eigenvalue weighted by atomic mass is 35.5.